The molecule has 0 unspecified atom stereocenters. The maximum Gasteiger partial charge on any atom is 0.162 e. The first kappa shape index (κ1) is 18.3. The molecule has 2 aromatic rings. The van der Waals surface area contributed by atoms with Crippen LogP contribution >= 0.6 is 0 Å². The lowest BCUT2D eigenvalue weighted by molar-refractivity contribution is 0.318. The van der Waals surface area contributed by atoms with Gasteiger partial charge in [0.25, 0.3) is 0 Å². The van der Waals surface area contributed by atoms with Gasteiger partial charge in [0.1, 0.15) is 5.82 Å². The Hall–Kier alpha value is -2.03. The Morgan fingerprint density at radius 2 is 1.67 bits per heavy atom. The summed E-state index contributed by atoms with van der Waals surface area (Å²) in [5.41, 5.74) is 3.57. The van der Waals surface area contributed by atoms with Crippen LogP contribution in [-0.4, -0.2) is 0 Å². The largest absolute Gasteiger partial charge is 0.206 e. The predicted molar refractivity (Wildman–Crippen MR) is 104 cm³/mol. The number of allylic oxidation sites excluding steroid dienone is 1. The highest BCUT2D eigenvalue weighted by Gasteiger charge is 2.23. The topological polar surface area (TPSA) is 0 Å². The summed E-state index contributed by atoms with van der Waals surface area (Å²) in [6, 6.07) is 8.32. The monoisotopic (exact) mass is 370 g/mol. The molecule has 0 amide bonds. The first-order valence-corrected chi connectivity index (χ1v) is 10.0. The van der Waals surface area contributed by atoms with Gasteiger partial charge in [-0.2, -0.15) is 0 Å². The van der Waals surface area contributed by atoms with Crippen LogP contribution in [0.3, 0.4) is 0 Å². The summed E-state index contributed by atoms with van der Waals surface area (Å²) in [5.74, 6) is -0.528. The normalized spacial score (nSPS) is 22.3. The molecule has 2 aliphatic carbocycles. The molecule has 0 atom stereocenters. The number of benzene rings is 2. The Balaban J connectivity index is 1.58. The number of rotatable bonds is 3. The Kier molecular flexibility index (Phi) is 5.12. The molecule has 0 radical (unpaired) electrons. The minimum atomic E-state index is -0.820. The van der Waals surface area contributed by atoms with E-state index in [-0.39, 0.29) is 5.82 Å². The smallest absolute Gasteiger partial charge is 0.162 e. The van der Waals surface area contributed by atoms with Crippen molar-refractivity contribution < 1.29 is 13.2 Å². The minimum absolute atomic E-state index is 0.206. The third kappa shape index (κ3) is 3.56. The molecule has 0 spiro atoms. The number of hydrogen-bond donors (Lipinski definition) is 0. The van der Waals surface area contributed by atoms with Crippen molar-refractivity contribution in [2.75, 3.05) is 0 Å². The van der Waals surface area contributed by atoms with E-state index >= 15 is 0 Å². The van der Waals surface area contributed by atoms with Gasteiger partial charge in [0.2, 0.25) is 0 Å². The molecule has 142 valence electrons. The lowest BCUT2D eigenvalue weighted by Gasteiger charge is -2.28. The van der Waals surface area contributed by atoms with Gasteiger partial charge in [-0.1, -0.05) is 37.6 Å². The fourth-order valence-electron chi connectivity index (χ4n) is 4.68. The van der Waals surface area contributed by atoms with E-state index in [4.69, 9.17) is 0 Å². The van der Waals surface area contributed by atoms with Gasteiger partial charge >= 0.3 is 0 Å². The fraction of sp³-hybridized carbons (Fsp3) is 0.417. The molecule has 0 N–H and O–H groups in total. The van der Waals surface area contributed by atoms with Crippen LogP contribution in [0, 0.1) is 23.4 Å². The molecule has 0 bridgehead atoms. The number of halogens is 3. The van der Waals surface area contributed by atoms with Crippen LogP contribution < -0.4 is 0 Å². The standard InChI is InChI=1S/C24H25F3/c1-2-15-3-5-16(6-4-15)17-7-10-20(23(26)14-17)18-8-11-21-19(13-18)9-12-22(25)24(21)27/h7,9-10,12-16H,2-6,8,11H2,1H3. The van der Waals surface area contributed by atoms with Gasteiger partial charge in [0.15, 0.2) is 11.6 Å². The predicted octanol–water partition coefficient (Wildman–Crippen LogP) is 7.27. The molecule has 2 aromatic carbocycles. The average Bonchev–Trinajstić information content (AvgIpc) is 2.70. The third-order valence-corrected chi connectivity index (χ3v) is 6.44. The highest BCUT2D eigenvalue weighted by molar-refractivity contribution is 5.84. The first-order chi connectivity index (χ1) is 13.1. The molecular weight excluding hydrogens is 345 g/mol. The van der Waals surface area contributed by atoms with Crippen molar-refractivity contribution in [3.05, 3.63) is 70.0 Å². The summed E-state index contributed by atoms with van der Waals surface area (Å²) >= 11 is 0. The molecule has 1 saturated carbocycles. The van der Waals surface area contributed by atoms with Crippen LogP contribution in [0.2, 0.25) is 0 Å². The Bertz CT molecular complexity index is 873. The van der Waals surface area contributed by atoms with Crippen LogP contribution in [0.4, 0.5) is 13.2 Å². The van der Waals surface area contributed by atoms with E-state index in [9.17, 15) is 13.2 Å². The minimum Gasteiger partial charge on any atom is -0.206 e. The van der Waals surface area contributed by atoms with Gasteiger partial charge in [-0.05, 0) is 84.8 Å². The van der Waals surface area contributed by atoms with Crippen molar-refractivity contribution in [3.63, 3.8) is 0 Å². The lowest BCUT2D eigenvalue weighted by Crippen LogP contribution is -2.13. The SMILES string of the molecule is CCC1CCC(c2ccc(C3=Cc4ccc(F)c(F)c4CC3)c(F)c2)CC1. The van der Waals surface area contributed by atoms with Gasteiger partial charge in [0, 0.05) is 5.56 Å². The molecule has 0 nitrogen and oxygen atoms in total. The van der Waals surface area contributed by atoms with Crippen LogP contribution in [0.25, 0.3) is 11.6 Å². The zero-order valence-electron chi connectivity index (χ0n) is 15.7. The zero-order chi connectivity index (χ0) is 19.0. The quantitative estimate of drug-likeness (QED) is 0.533. The van der Waals surface area contributed by atoms with Crippen molar-refractivity contribution in [2.45, 2.75) is 57.8 Å². The molecule has 0 aromatic heterocycles. The third-order valence-electron chi connectivity index (χ3n) is 6.44. The second-order valence-corrected chi connectivity index (χ2v) is 7.96. The molecular formula is C24H25F3. The Labute approximate surface area is 159 Å². The van der Waals surface area contributed by atoms with Gasteiger partial charge in [0.05, 0.1) is 0 Å². The average molecular weight is 370 g/mol. The highest BCUT2D eigenvalue weighted by Crippen LogP contribution is 2.39. The van der Waals surface area contributed by atoms with E-state index in [0.717, 1.165) is 36.0 Å². The molecule has 4 rings (SSSR count). The van der Waals surface area contributed by atoms with Gasteiger partial charge in [-0.15, -0.1) is 0 Å². The van der Waals surface area contributed by atoms with Crippen molar-refractivity contribution in [3.8, 4) is 0 Å². The van der Waals surface area contributed by atoms with Crippen LogP contribution in [0.5, 0.6) is 0 Å². The van der Waals surface area contributed by atoms with E-state index < -0.39 is 11.6 Å². The van der Waals surface area contributed by atoms with E-state index in [2.05, 4.69) is 13.0 Å². The second-order valence-electron chi connectivity index (χ2n) is 7.96. The number of fused-ring (bicyclic) bond motifs is 1. The summed E-state index contributed by atoms with van der Waals surface area (Å²) in [6.45, 7) is 2.25. The first-order valence-electron chi connectivity index (χ1n) is 10.0. The van der Waals surface area contributed by atoms with E-state index in [1.54, 1.807) is 18.2 Å². The molecule has 0 heterocycles. The Morgan fingerprint density at radius 3 is 2.37 bits per heavy atom. The van der Waals surface area contributed by atoms with Gasteiger partial charge in [-0.3, -0.25) is 0 Å². The lowest BCUT2D eigenvalue weighted by atomic mass is 9.77. The van der Waals surface area contributed by atoms with Gasteiger partial charge < -0.3 is 0 Å². The highest BCUT2D eigenvalue weighted by atomic mass is 19.2. The van der Waals surface area contributed by atoms with Crippen molar-refractivity contribution in [1.82, 2.24) is 0 Å². The zero-order valence-corrected chi connectivity index (χ0v) is 15.7. The van der Waals surface area contributed by atoms with Crippen molar-refractivity contribution in [1.29, 1.82) is 0 Å². The summed E-state index contributed by atoms with van der Waals surface area (Å²) in [4.78, 5) is 0. The fourth-order valence-corrected chi connectivity index (χ4v) is 4.68. The van der Waals surface area contributed by atoms with Crippen LogP contribution in [-0.2, 0) is 6.42 Å². The summed E-state index contributed by atoms with van der Waals surface area (Å²) < 4.78 is 42.2. The molecule has 27 heavy (non-hydrogen) atoms. The van der Waals surface area contributed by atoms with Gasteiger partial charge in [-0.25, -0.2) is 13.2 Å². The molecule has 1 fully saturated rings. The van der Waals surface area contributed by atoms with Crippen LogP contribution in [0.1, 0.15) is 73.6 Å². The van der Waals surface area contributed by atoms with Crippen molar-refractivity contribution in [2.24, 2.45) is 5.92 Å². The maximum absolute atomic E-state index is 14.9. The molecule has 3 heteroatoms. The van der Waals surface area contributed by atoms with Crippen molar-refractivity contribution >= 4 is 11.6 Å². The molecule has 0 aliphatic heterocycles. The summed E-state index contributed by atoms with van der Waals surface area (Å²) in [6.07, 6.45) is 8.68. The van der Waals surface area contributed by atoms with Crippen LogP contribution in [0.15, 0.2) is 30.3 Å². The molecule has 0 saturated heterocycles. The summed E-state index contributed by atoms with van der Waals surface area (Å²) in [7, 11) is 0. The van der Waals surface area contributed by atoms with E-state index in [1.807, 2.05) is 6.07 Å². The second kappa shape index (κ2) is 7.53. The molecule has 2 aliphatic rings. The van der Waals surface area contributed by atoms with E-state index in [0.29, 0.717) is 35.4 Å². The maximum atomic E-state index is 14.9. The Morgan fingerprint density at radius 1 is 0.889 bits per heavy atom. The van der Waals surface area contributed by atoms with E-state index in [1.165, 1.54) is 19.3 Å². The number of hydrogen-bond acceptors (Lipinski definition) is 0. The summed E-state index contributed by atoms with van der Waals surface area (Å²) in [5, 5.41) is 0.